The molecule has 3 heterocycles. The number of benzene rings is 1. The maximum atomic E-state index is 13.2. The third kappa shape index (κ3) is 4.81. The average Bonchev–Trinajstić information content (AvgIpc) is 3.19. The number of nitrogens with one attached hydrogen (secondary N) is 1. The van der Waals surface area contributed by atoms with Crippen molar-refractivity contribution in [3.8, 4) is 0 Å². The van der Waals surface area contributed by atoms with Crippen LogP contribution in [0.25, 0.3) is 11.2 Å². The van der Waals surface area contributed by atoms with Crippen molar-refractivity contribution in [2.24, 2.45) is 0 Å². The van der Waals surface area contributed by atoms with Crippen LogP contribution < -0.4 is 5.56 Å². The molecule has 1 aliphatic rings. The van der Waals surface area contributed by atoms with Gasteiger partial charge in [-0.2, -0.15) is 0 Å². The molecule has 31 heavy (non-hydrogen) atoms. The van der Waals surface area contributed by atoms with Gasteiger partial charge in [0.05, 0.1) is 6.54 Å². The van der Waals surface area contributed by atoms with Gasteiger partial charge in [-0.05, 0) is 37.0 Å². The van der Waals surface area contributed by atoms with Gasteiger partial charge in [0.1, 0.15) is 11.6 Å². The van der Waals surface area contributed by atoms with Crippen LogP contribution in [0.1, 0.15) is 62.8 Å². The molecule has 4 rings (SSSR count). The summed E-state index contributed by atoms with van der Waals surface area (Å²) >= 11 is 0. The Morgan fingerprint density at radius 3 is 2.65 bits per heavy atom. The molecule has 1 aliphatic heterocycles. The molecule has 0 saturated carbocycles. The van der Waals surface area contributed by atoms with Gasteiger partial charge in [-0.3, -0.25) is 9.59 Å². The molecule has 1 saturated heterocycles. The smallest absolute Gasteiger partial charge is 0.281 e. The van der Waals surface area contributed by atoms with E-state index in [9.17, 15) is 14.0 Å². The van der Waals surface area contributed by atoms with E-state index in [1.807, 2.05) is 4.90 Å². The van der Waals surface area contributed by atoms with Crippen molar-refractivity contribution in [1.29, 1.82) is 0 Å². The van der Waals surface area contributed by atoms with Crippen LogP contribution in [0.5, 0.6) is 0 Å². The molecule has 0 bridgehead atoms. The number of halogens is 1. The minimum atomic E-state index is -0.316. The number of carbonyl (C=O) groups is 1. The number of aromatic nitrogens is 5. The summed E-state index contributed by atoms with van der Waals surface area (Å²) in [6.45, 7) is 3.81. The molecule has 2 aromatic heterocycles. The highest BCUT2D eigenvalue weighted by atomic mass is 19.1. The molecule has 0 aliphatic carbocycles. The summed E-state index contributed by atoms with van der Waals surface area (Å²) < 4.78 is 14.7. The third-order valence-corrected chi connectivity index (χ3v) is 5.87. The summed E-state index contributed by atoms with van der Waals surface area (Å²) in [5.74, 6) is 0.592. The van der Waals surface area contributed by atoms with Crippen molar-refractivity contribution in [3.05, 3.63) is 51.8 Å². The van der Waals surface area contributed by atoms with E-state index in [2.05, 4.69) is 27.2 Å². The fourth-order valence-corrected chi connectivity index (χ4v) is 4.03. The normalized spacial score (nSPS) is 15.0. The number of amides is 1. The van der Waals surface area contributed by atoms with Crippen LogP contribution >= 0.6 is 0 Å². The Kier molecular flexibility index (Phi) is 6.39. The average molecular weight is 426 g/mol. The van der Waals surface area contributed by atoms with E-state index < -0.39 is 0 Å². The molecule has 164 valence electrons. The lowest BCUT2D eigenvalue weighted by atomic mass is 9.95. The van der Waals surface area contributed by atoms with Crippen LogP contribution in [0.15, 0.2) is 29.1 Å². The Morgan fingerprint density at radius 1 is 1.19 bits per heavy atom. The number of aromatic amines is 1. The zero-order valence-electron chi connectivity index (χ0n) is 17.7. The van der Waals surface area contributed by atoms with Crippen LogP contribution in [0.3, 0.4) is 0 Å². The van der Waals surface area contributed by atoms with Gasteiger partial charge in [-0.1, -0.05) is 37.1 Å². The number of piperidine rings is 1. The second-order valence-electron chi connectivity index (χ2n) is 8.11. The first-order chi connectivity index (χ1) is 15.0. The molecule has 1 fully saturated rings. The lowest BCUT2D eigenvalue weighted by molar-refractivity contribution is -0.132. The maximum Gasteiger partial charge on any atom is 0.281 e. The van der Waals surface area contributed by atoms with Gasteiger partial charge in [-0.25, -0.2) is 14.1 Å². The largest absolute Gasteiger partial charge is 0.343 e. The van der Waals surface area contributed by atoms with E-state index in [0.717, 1.165) is 37.7 Å². The molecule has 9 heteroatoms. The molecular weight excluding hydrogens is 399 g/mol. The lowest BCUT2D eigenvalue weighted by Crippen LogP contribution is -2.38. The van der Waals surface area contributed by atoms with Gasteiger partial charge in [0.25, 0.3) is 5.56 Å². The molecular formula is C22H27FN6O2. The monoisotopic (exact) mass is 426 g/mol. The predicted octanol–water partition coefficient (Wildman–Crippen LogP) is 2.99. The Labute approximate surface area is 179 Å². The van der Waals surface area contributed by atoms with E-state index in [-0.39, 0.29) is 28.7 Å². The van der Waals surface area contributed by atoms with Gasteiger partial charge in [-0.15, -0.1) is 5.10 Å². The van der Waals surface area contributed by atoms with Crippen LogP contribution in [-0.4, -0.2) is 48.9 Å². The van der Waals surface area contributed by atoms with E-state index in [4.69, 9.17) is 0 Å². The number of unbranched alkanes of at least 4 members (excludes halogenated alkanes) is 2. The molecule has 1 amide bonds. The zero-order valence-corrected chi connectivity index (χ0v) is 17.7. The second-order valence-corrected chi connectivity index (χ2v) is 8.11. The van der Waals surface area contributed by atoms with Crippen LogP contribution in [-0.2, 0) is 11.3 Å². The minimum Gasteiger partial charge on any atom is -0.343 e. The molecule has 0 radical (unpaired) electrons. The number of rotatable bonds is 7. The fraction of sp³-hybridized carbons (Fsp3) is 0.500. The van der Waals surface area contributed by atoms with Crippen LogP contribution in [0.4, 0.5) is 4.39 Å². The standard InChI is InChI=1S/C22H27FN6O2/c1-2-3-4-5-18(30)28-12-10-16(11-13-28)20-24-21-19(22(31)25-20)26-27-29(21)14-15-6-8-17(23)9-7-15/h6-9,16H,2-5,10-14H2,1H3,(H,24,25,31). The Bertz CT molecular complexity index is 1100. The number of hydrogen-bond donors (Lipinski definition) is 1. The van der Waals surface area contributed by atoms with E-state index in [1.165, 1.54) is 12.1 Å². The second kappa shape index (κ2) is 9.36. The number of nitrogens with zero attached hydrogens (tertiary/aromatic N) is 5. The first kappa shape index (κ1) is 21.1. The van der Waals surface area contributed by atoms with Crippen molar-refractivity contribution in [2.45, 2.75) is 57.9 Å². The summed E-state index contributed by atoms with van der Waals surface area (Å²) in [6.07, 6.45) is 5.23. The van der Waals surface area contributed by atoms with Gasteiger partial charge in [0, 0.05) is 25.4 Å². The number of likely N-dealkylation sites (tertiary alicyclic amines) is 1. The van der Waals surface area contributed by atoms with Crippen LogP contribution in [0, 0.1) is 5.82 Å². The van der Waals surface area contributed by atoms with Gasteiger partial charge >= 0.3 is 0 Å². The highest BCUT2D eigenvalue weighted by molar-refractivity contribution is 5.76. The molecule has 0 spiro atoms. The first-order valence-corrected chi connectivity index (χ1v) is 10.9. The summed E-state index contributed by atoms with van der Waals surface area (Å²) in [4.78, 5) is 34.3. The van der Waals surface area contributed by atoms with Gasteiger partial charge in [0.2, 0.25) is 5.91 Å². The molecule has 1 N–H and O–H groups in total. The van der Waals surface area contributed by atoms with E-state index in [1.54, 1.807) is 16.8 Å². The van der Waals surface area contributed by atoms with Crippen LogP contribution in [0.2, 0.25) is 0 Å². The minimum absolute atomic E-state index is 0.0750. The number of carbonyl (C=O) groups excluding carboxylic acids is 1. The van der Waals surface area contributed by atoms with Crippen molar-refractivity contribution < 1.29 is 9.18 Å². The third-order valence-electron chi connectivity index (χ3n) is 5.87. The summed E-state index contributed by atoms with van der Waals surface area (Å²) in [7, 11) is 0. The Hall–Kier alpha value is -3.10. The quantitative estimate of drug-likeness (QED) is 0.586. The van der Waals surface area contributed by atoms with Crippen molar-refractivity contribution in [3.63, 3.8) is 0 Å². The summed E-state index contributed by atoms with van der Waals surface area (Å²) in [5, 5.41) is 8.04. The fourth-order valence-electron chi connectivity index (χ4n) is 4.03. The van der Waals surface area contributed by atoms with Gasteiger partial charge < -0.3 is 9.88 Å². The molecule has 3 aromatic rings. The number of fused-ring (bicyclic) bond motifs is 1. The number of hydrogen-bond acceptors (Lipinski definition) is 5. The molecule has 1 aromatic carbocycles. The van der Waals surface area contributed by atoms with Crippen molar-refractivity contribution in [2.75, 3.05) is 13.1 Å². The van der Waals surface area contributed by atoms with E-state index >= 15 is 0 Å². The topological polar surface area (TPSA) is 96.8 Å². The Balaban J connectivity index is 1.48. The highest BCUT2D eigenvalue weighted by Crippen LogP contribution is 2.26. The SMILES string of the molecule is CCCCCC(=O)N1CCC(c2nc3c(nnn3Cc3ccc(F)cc3)c(=O)[nH]2)CC1. The maximum absolute atomic E-state index is 13.2. The Morgan fingerprint density at radius 2 is 1.94 bits per heavy atom. The number of H-pyrrole nitrogens is 1. The predicted molar refractivity (Wildman–Crippen MR) is 114 cm³/mol. The lowest BCUT2D eigenvalue weighted by Gasteiger charge is -2.31. The zero-order chi connectivity index (χ0) is 21.8. The highest BCUT2D eigenvalue weighted by Gasteiger charge is 2.26. The van der Waals surface area contributed by atoms with Crippen molar-refractivity contribution >= 4 is 17.1 Å². The summed E-state index contributed by atoms with van der Waals surface area (Å²) in [6, 6.07) is 6.11. The molecule has 0 unspecified atom stereocenters. The molecule has 8 nitrogen and oxygen atoms in total. The van der Waals surface area contributed by atoms with Crippen molar-refractivity contribution in [1.82, 2.24) is 29.9 Å². The first-order valence-electron chi connectivity index (χ1n) is 10.9. The van der Waals surface area contributed by atoms with Gasteiger partial charge in [0.15, 0.2) is 11.2 Å². The molecule has 0 atom stereocenters. The van der Waals surface area contributed by atoms with E-state index in [0.29, 0.717) is 37.5 Å². The summed E-state index contributed by atoms with van der Waals surface area (Å²) in [5.41, 5.74) is 1.13.